The number of rotatable bonds is 6. The van der Waals surface area contributed by atoms with E-state index < -0.39 is 5.97 Å². The van der Waals surface area contributed by atoms with Crippen molar-refractivity contribution in [1.82, 2.24) is 0 Å². The molecule has 0 aliphatic carbocycles. The summed E-state index contributed by atoms with van der Waals surface area (Å²) in [4.78, 5) is 11.5. The van der Waals surface area contributed by atoms with Crippen LogP contribution < -0.4 is 14.7 Å². The van der Waals surface area contributed by atoms with Gasteiger partial charge in [-0.1, -0.05) is 11.6 Å². The molecule has 94 valence electrons. The topological polar surface area (TPSA) is 53.8 Å². The molecule has 0 aromatic heterocycles. The summed E-state index contributed by atoms with van der Waals surface area (Å²) in [6.45, 7) is 0.898. The Morgan fingerprint density at radius 3 is 2.76 bits per heavy atom. The molecular formula is C12H16ClNO3. The van der Waals surface area contributed by atoms with Crippen molar-refractivity contribution >= 4 is 17.6 Å². The summed E-state index contributed by atoms with van der Waals surface area (Å²) in [7, 11) is 4.06. The number of carboxylic acids is 1. The van der Waals surface area contributed by atoms with Gasteiger partial charge in [-0.2, -0.15) is 0 Å². The summed E-state index contributed by atoms with van der Waals surface area (Å²) in [5, 5.41) is 10.9. The minimum atomic E-state index is -1.11. The highest BCUT2D eigenvalue weighted by molar-refractivity contribution is 6.31. The lowest BCUT2D eigenvalue weighted by molar-refractivity contribution is -0.872. The van der Waals surface area contributed by atoms with E-state index >= 15 is 0 Å². The summed E-state index contributed by atoms with van der Waals surface area (Å²) < 4.78 is 5.31. The van der Waals surface area contributed by atoms with Gasteiger partial charge in [0.2, 0.25) is 0 Å². The Bertz CT molecular complexity index is 393. The number of benzene rings is 1. The smallest absolute Gasteiger partial charge is 0.119 e. The van der Waals surface area contributed by atoms with Gasteiger partial charge in [-0.25, -0.2) is 0 Å². The van der Waals surface area contributed by atoms with Gasteiger partial charge in [-0.05, 0) is 18.2 Å². The van der Waals surface area contributed by atoms with Crippen LogP contribution in [0.15, 0.2) is 18.2 Å². The molecule has 4 nitrogen and oxygen atoms in total. The first-order valence-corrected chi connectivity index (χ1v) is 5.77. The molecule has 0 atom stereocenters. The fraction of sp³-hybridized carbons (Fsp3) is 0.417. The molecule has 0 unspecified atom stereocenters. The van der Waals surface area contributed by atoms with Crippen molar-refractivity contribution in [3.63, 3.8) is 0 Å². The van der Waals surface area contributed by atoms with Crippen LogP contribution in [0.4, 0.5) is 0 Å². The van der Waals surface area contributed by atoms with E-state index in [9.17, 15) is 9.90 Å². The third-order valence-electron chi connectivity index (χ3n) is 2.14. The Balaban J connectivity index is 2.64. The molecule has 0 fully saturated rings. The van der Waals surface area contributed by atoms with Crippen molar-refractivity contribution < 1.29 is 19.5 Å². The maximum Gasteiger partial charge on any atom is 0.119 e. The molecule has 0 spiro atoms. The van der Waals surface area contributed by atoms with Crippen molar-refractivity contribution in [1.29, 1.82) is 0 Å². The van der Waals surface area contributed by atoms with Crippen LogP contribution in [0.2, 0.25) is 5.02 Å². The minimum absolute atomic E-state index is 0.109. The molecule has 0 aliphatic heterocycles. The first-order valence-electron chi connectivity index (χ1n) is 5.39. The quantitative estimate of drug-likeness (QED) is 0.748. The predicted molar refractivity (Wildman–Crippen MR) is 63.1 cm³/mol. The molecule has 1 aromatic rings. The Labute approximate surface area is 106 Å². The van der Waals surface area contributed by atoms with Crippen molar-refractivity contribution in [3.05, 3.63) is 28.8 Å². The molecule has 0 radical (unpaired) electrons. The van der Waals surface area contributed by atoms with Crippen molar-refractivity contribution in [2.24, 2.45) is 0 Å². The maximum absolute atomic E-state index is 10.2. The zero-order valence-electron chi connectivity index (χ0n) is 9.96. The van der Waals surface area contributed by atoms with Crippen LogP contribution in [-0.4, -0.2) is 26.7 Å². The van der Waals surface area contributed by atoms with Crippen LogP contribution in [0.5, 0.6) is 5.75 Å². The number of halogens is 1. The summed E-state index contributed by atoms with van der Waals surface area (Å²) in [6, 6.07) is 5.32. The van der Waals surface area contributed by atoms with Gasteiger partial charge in [0.1, 0.15) is 12.3 Å². The third kappa shape index (κ3) is 5.06. The second kappa shape index (κ2) is 6.47. The van der Waals surface area contributed by atoms with Crippen LogP contribution in [0, 0.1) is 0 Å². The van der Waals surface area contributed by atoms with Crippen LogP contribution in [0.3, 0.4) is 0 Å². The lowest BCUT2D eigenvalue weighted by Gasteiger charge is -2.11. The number of nitrogens with one attached hydrogen (secondary N) is 1. The highest BCUT2D eigenvalue weighted by atomic mass is 35.5. The van der Waals surface area contributed by atoms with E-state index in [1.165, 1.54) is 4.90 Å². The van der Waals surface area contributed by atoms with Gasteiger partial charge in [0.15, 0.2) is 0 Å². The lowest BCUT2D eigenvalue weighted by Crippen LogP contribution is -3.04. The number of quaternary nitrogens is 1. The summed E-state index contributed by atoms with van der Waals surface area (Å²) in [6.07, 6.45) is -0.114. The first kappa shape index (κ1) is 13.8. The molecule has 0 saturated heterocycles. The SMILES string of the molecule is C[NH+](C)Cc1cc(OCCC(=O)[O-])ccc1Cl. The number of ether oxygens (including phenoxy) is 1. The van der Waals surface area contributed by atoms with Crippen molar-refractivity contribution in [2.75, 3.05) is 20.7 Å². The standard InChI is InChI=1S/C12H16ClNO3/c1-14(2)8-9-7-10(3-4-11(9)13)17-6-5-12(15)16/h3-4,7H,5-6,8H2,1-2H3,(H,15,16). The fourth-order valence-corrected chi connectivity index (χ4v) is 1.59. The lowest BCUT2D eigenvalue weighted by atomic mass is 10.2. The molecule has 0 bridgehead atoms. The number of hydrogen-bond donors (Lipinski definition) is 1. The fourth-order valence-electron chi connectivity index (χ4n) is 1.41. The second-order valence-electron chi connectivity index (χ2n) is 4.11. The molecule has 1 N–H and O–H groups in total. The molecular weight excluding hydrogens is 242 g/mol. The van der Waals surface area contributed by atoms with Gasteiger partial charge in [-0.15, -0.1) is 0 Å². The Kier molecular flexibility index (Phi) is 5.25. The van der Waals surface area contributed by atoms with E-state index in [-0.39, 0.29) is 13.0 Å². The number of aliphatic carboxylic acids is 1. The van der Waals surface area contributed by atoms with Gasteiger partial charge in [-0.3, -0.25) is 0 Å². The molecule has 17 heavy (non-hydrogen) atoms. The van der Waals surface area contributed by atoms with E-state index in [0.717, 1.165) is 12.1 Å². The molecule has 1 rings (SSSR count). The zero-order chi connectivity index (χ0) is 12.8. The maximum atomic E-state index is 10.2. The normalized spacial score (nSPS) is 10.6. The van der Waals surface area contributed by atoms with Gasteiger partial charge in [0.25, 0.3) is 0 Å². The van der Waals surface area contributed by atoms with E-state index in [1.54, 1.807) is 12.1 Å². The monoisotopic (exact) mass is 257 g/mol. The van der Waals surface area contributed by atoms with E-state index in [1.807, 2.05) is 20.2 Å². The molecule has 0 heterocycles. The molecule has 5 heteroatoms. The number of carbonyl (C=O) groups is 1. The Morgan fingerprint density at radius 1 is 1.47 bits per heavy atom. The average Bonchev–Trinajstić information content (AvgIpc) is 2.21. The van der Waals surface area contributed by atoms with Crippen LogP contribution in [0.1, 0.15) is 12.0 Å². The van der Waals surface area contributed by atoms with E-state index in [4.69, 9.17) is 16.3 Å². The summed E-state index contributed by atoms with van der Waals surface area (Å²) >= 11 is 6.05. The highest BCUT2D eigenvalue weighted by Crippen LogP contribution is 2.21. The largest absolute Gasteiger partial charge is 0.550 e. The molecule has 0 aliphatic rings. The average molecular weight is 258 g/mol. The van der Waals surface area contributed by atoms with E-state index in [0.29, 0.717) is 10.8 Å². The van der Waals surface area contributed by atoms with E-state index in [2.05, 4.69) is 0 Å². The summed E-state index contributed by atoms with van der Waals surface area (Å²) in [5.41, 5.74) is 0.984. The van der Waals surface area contributed by atoms with Crippen LogP contribution >= 0.6 is 11.6 Å². The minimum Gasteiger partial charge on any atom is -0.550 e. The predicted octanol–water partition coefficient (Wildman–Crippen LogP) is -0.497. The third-order valence-corrected chi connectivity index (χ3v) is 2.50. The van der Waals surface area contributed by atoms with Gasteiger partial charge >= 0.3 is 0 Å². The van der Waals surface area contributed by atoms with Gasteiger partial charge in [0.05, 0.1) is 20.7 Å². The van der Waals surface area contributed by atoms with Gasteiger partial charge in [0, 0.05) is 23.0 Å². The molecule has 0 amide bonds. The van der Waals surface area contributed by atoms with Gasteiger partial charge < -0.3 is 19.5 Å². The number of carbonyl (C=O) groups excluding carboxylic acids is 1. The number of hydrogen-bond acceptors (Lipinski definition) is 3. The number of carboxylic acid groups (broad SMARTS) is 1. The van der Waals surface area contributed by atoms with Crippen molar-refractivity contribution in [2.45, 2.75) is 13.0 Å². The highest BCUT2D eigenvalue weighted by Gasteiger charge is 2.06. The van der Waals surface area contributed by atoms with Crippen molar-refractivity contribution in [3.8, 4) is 5.75 Å². The zero-order valence-corrected chi connectivity index (χ0v) is 10.7. The van der Waals surface area contributed by atoms with Crippen LogP contribution in [-0.2, 0) is 11.3 Å². The molecule has 1 aromatic carbocycles. The van der Waals surface area contributed by atoms with Crippen LogP contribution in [0.25, 0.3) is 0 Å². The Morgan fingerprint density at radius 2 is 2.18 bits per heavy atom. The summed E-state index contributed by atoms with van der Waals surface area (Å²) in [5.74, 6) is -0.483. The molecule has 0 saturated carbocycles. The second-order valence-corrected chi connectivity index (χ2v) is 4.51. The first-order chi connectivity index (χ1) is 7.99. The Hall–Kier alpha value is -1.26.